The van der Waals surface area contributed by atoms with Crippen molar-refractivity contribution in [2.75, 3.05) is 0 Å². The van der Waals surface area contributed by atoms with Crippen LogP contribution in [0, 0.1) is 0 Å². The van der Waals surface area contributed by atoms with E-state index in [0.29, 0.717) is 28.6 Å². The molecule has 0 atom stereocenters. The molecule has 0 saturated carbocycles. The van der Waals surface area contributed by atoms with E-state index in [1.54, 1.807) is 22.9 Å². The van der Waals surface area contributed by atoms with Crippen LogP contribution in [0.25, 0.3) is 22.6 Å². The van der Waals surface area contributed by atoms with Crippen molar-refractivity contribution < 1.29 is 0 Å². The van der Waals surface area contributed by atoms with Gasteiger partial charge in [-0.2, -0.15) is 10.1 Å². The molecule has 0 unspecified atom stereocenters. The summed E-state index contributed by atoms with van der Waals surface area (Å²) < 4.78 is 2.54. The maximum absolute atomic E-state index is 12.3. The maximum atomic E-state index is 12.3. The summed E-state index contributed by atoms with van der Waals surface area (Å²) in [6.07, 6.45) is 0. The summed E-state index contributed by atoms with van der Waals surface area (Å²) in [6.45, 7) is 2.36. The Balaban J connectivity index is 2.38. The number of nitrogens with zero attached hydrogens (tertiary/aromatic N) is 4. The van der Waals surface area contributed by atoms with Gasteiger partial charge in [0.2, 0.25) is 0 Å². The first-order valence-electron chi connectivity index (χ1n) is 6.76. The SMILES string of the molecule is CCn1nc(-c2cccc(Cl)c2)cc2c(=O)n(C)c(=O)nc1-2. The number of rotatable bonds is 2. The second-order valence-electron chi connectivity index (χ2n) is 4.85. The lowest BCUT2D eigenvalue weighted by Gasteiger charge is -2.14. The van der Waals surface area contributed by atoms with Gasteiger partial charge in [-0.25, -0.2) is 9.48 Å². The second kappa shape index (κ2) is 5.38. The molecule has 0 aliphatic carbocycles. The van der Waals surface area contributed by atoms with Crippen molar-refractivity contribution >= 4 is 11.6 Å². The van der Waals surface area contributed by atoms with Crippen molar-refractivity contribution in [2.45, 2.75) is 13.5 Å². The summed E-state index contributed by atoms with van der Waals surface area (Å²) in [6, 6.07) is 8.86. The number of hydrogen-bond acceptors (Lipinski definition) is 4. The van der Waals surface area contributed by atoms with E-state index in [-0.39, 0.29) is 5.56 Å². The van der Waals surface area contributed by atoms with E-state index in [0.717, 1.165) is 10.1 Å². The van der Waals surface area contributed by atoms with Crippen LogP contribution in [0.4, 0.5) is 0 Å². The first-order valence-corrected chi connectivity index (χ1v) is 7.14. The Bertz CT molecular complexity index is 945. The predicted octanol–water partition coefficient (Wildman–Crippen LogP) is 1.78. The summed E-state index contributed by atoms with van der Waals surface area (Å²) in [5, 5.41) is 5.04. The van der Waals surface area contributed by atoms with Gasteiger partial charge in [0.1, 0.15) is 0 Å². The number of aryl methyl sites for hydroxylation is 1. The Morgan fingerprint density at radius 3 is 2.68 bits per heavy atom. The first-order chi connectivity index (χ1) is 10.5. The minimum atomic E-state index is -0.586. The fourth-order valence-corrected chi connectivity index (χ4v) is 2.45. The summed E-state index contributed by atoms with van der Waals surface area (Å²) in [4.78, 5) is 28.0. The average Bonchev–Trinajstić information content (AvgIpc) is 2.52. The number of aromatic nitrogens is 4. The molecule has 0 saturated heterocycles. The van der Waals surface area contributed by atoms with E-state index >= 15 is 0 Å². The fraction of sp³-hybridized carbons (Fsp3) is 0.200. The molecule has 0 N–H and O–H groups in total. The van der Waals surface area contributed by atoms with Crippen LogP contribution in [-0.4, -0.2) is 19.3 Å². The lowest BCUT2D eigenvalue weighted by Crippen LogP contribution is -2.36. The van der Waals surface area contributed by atoms with E-state index in [9.17, 15) is 9.59 Å². The first kappa shape index (κ1) is 14.5. The molecule has 0 fully saturated rings. The van der Waals surface area contributed by atoms with Gasteiger partial charge >= 0.3 is 5.69 Å². The van der Waals surface area contributed by atoms with Gasteiger partial charge in [-0.1, -0.05) is 23.7 Å². The molecule has 22 heavy (non-hydrogen) atoms. The second-order valence-corrected chi connectivity index (χ2v) is 5.29. The van der Waals surface area contributed by atoms with Gasteiger partial charge in [-0.3, -0.25) is 9.36 Å². The van der Waals surface area contributed by atoms with Crippen LogP contribution < -0.4 is 11.2 Å². The zero-order valence-corrected chi connectivity index (χ0v) is 12.8. The van der Waals surface area contributed by atoms with Crippen LogP contribution >= 0.6 is 11.6 Å². The van der Waals surface area contributed by atoms with E-state index in [1.165, 1.54) is 7.05 Å². The highest BCUT2D eigenvalue weighted by atomic mass is 35.5. The molecular formula is C15H13ClN4O2. The van der Waals surface area contributed by atoms with Crippen molar-refractivity contribution in [2.24, 2.45) is 7.05 Å². The molecule has 112 valence electrons. The third-order valence-corrected chi connectivity index (χ3v) is 3.67. The molecular weight excluding hydrogens is 304 g/mol. The lowest BCUT2D eigenvalue weighted by molar-refractivity contribution is 0.625. The molecule has 0 aromatic heterocycles. The van der Waals surface area contributed by atoms with E-state index in [4.69, 9.17) is 11.6 Å². The van der Waals surface area contributed by atoms with Crippen molar-refractivity contribution in [3.8, 4) is 22.6 Å². The molecule has 0 spiro atoms. The number of hydrogen-bond donors (Lipinski definition) is 0. The molecule has 2 heterocycles. The fourth-order valence-electron chi connectivity index (χ4n) is 2.26. The molecule has 6 nitrogen and oxygen atoms in total. The zero-order valence-electron chi connectivity index (χ0n) is 12.1. The topological polar surface area (TPSA) is 69.8 Å². The monoisotopic (exact) mass is 316 g/mol. The van der Waals surface area contributed by atoms with Crippen LogP contribution in [0.2, 0.25) is 5.02 Å². The Morgan fingerprint density at radius 1 is 1.23 bits per heavy atom. The van der Waals surface area contributed by atoms with Crippen molar-refractivity contribution in [3.05, 3.63) is 56.2 Å². The lowest BCUT2D eigenvalue weighted by atomic mass is 10.1. The van der Waals surface area contributed by atoms with Crippen LogP contribution in [0.1, 0.15) is 6.92 Å². The van der Waals surface area contributed by atoms with Crippen LogP contribution in [0.3, 0.4) is 0 Å². The number of halogens is 1. The quantitative estimate of drug-likeness (QED) is 0.722. The Morgan fingerprint density at radius 2 is 2.00 bits per heavy atom. The van der Waals surface area contributed by atoms with E-state index in [1.807, 2.05) is 19.1 Å². The maximum Gasteiger partial charge on any atom is 0.352 e. The average molecular weight is 317 g/mol. The van der Waals surface area contributed by atoms with E-state index < -0.39 is 5.69 Å². The normalized spacial score (nSPS) is 11.0. The molecule has 0 amide bonds. The van der Waals surface area contributed by atoms with Crippen LogP contribution in [0.5, 0.6) is 0 Å². The van der Waals surface area contributed by atoms with Crippen molar-refractivity contribution in [1.29, 1.82) is 0 Å². The third kappa shape index (κ3) is 2.31. The van der Waals surface area contributed by atoms with Crippen LogP contribution in [-0.2, 0) is 13.6 Å². The van der Waals surface area contributed by atoms with Gasteiger partial charge in [0.05, 0.1) is 11.3 Å². The minimum Gasteiger partial charge on any atom is -0.268 e. The Hall–Kier alpha value is -2.47. The van der Waals surface area contributed by atoms with Gasteiger partial charge in [0, 0.05) is 24.2 Å². The highest BCUT2D eigenvalue weighted by molar-refractivity contribution is 6.30. The summed E-state index contributed by atoms with van der Waals surface area (Å²) in [7, 11) is 1.41. The molecule has 0 radical (unpaired) electrons. The molecule has 1 aromatic carbocycles. The molecule has 1 aromatic rings. The molecule has 7 heteroatoms. The Kier molecular flexibility index (Phi) is 3.54. The standard InChI is InChI=1S/C15H13ClN4O2/c1-3-20-13-11(14(21)19(2)15(22)17-13)8-12(18-20)9-5-4-6-10(16)7-9/h4-8H,3H2,1-2H3. The minimum absolute atomic E-state index is 0.293. The number of fused-ring (bicyclic) bond motifs is 1. The van der Waals surface area contributed by atoms with E-state index in [2.05, 4.69) is 10.1 Å². The predicted molar refractivity (Wildman–Crippen MR) is 84.3 cm³/mol. The van der Waals surface area contributed by atoms with Crippen molar-refractivity contribution in [3.63, 3.8) is 0 Å². The van der Waals surface area contributed by atoms with Gasteiger partial charge < -0.3 is 0 Å². The van der Waals surface area contributed by atoms with Crippen molar-refractivity contribution in [1.82, 2.24) is 19.3 Å². The summed E-state index contributed by atoms with van der Waals surface area (Å²) in [5.74, 6) is 0.293. The highest BCUT2D eigenvalue weighted by Gasteiger charge is 2.18. The van der Waals surface area contributed by atoms with Gasteiger partial charge in [0.25, 0.3) is 5.56 Å². The summed E-state index contributed by atoms with van der Waals surface area (Å²) in [5.41, 5.74) is 0.785. The smallest absolute Gasteiger partial charge is 0.268 e. The summed E-state index contributed by atoms with van der Waals surface area (Å²) >= 11 is 6.01. The molecule has 2 aliphatic rings. The molecule has 3 rings (SSSR count). The third-order valence-electron chi connectivity index (χ3n) is 3.44. The molecule has 0 bridgehead atoms. The van der Waals surface area contributed by atoms with Gasteiger partial charge in [0.15, 0.2) is 5.82 Å². The number of benzene rings is 1. The van der Waals surface area contributed by atoms with Gasteiger partial charge in [-0.15, -0.1) is 0 Å². The van der Waals surface area contributed by atoms with Gasteiger partial charge in [-0.05, 0) is 25.1 Å². The molecule has 2 aliphatic heterocycles. The highest BCUT2D eigenvalue weighted by Crippen LogP contribution is 2.24. The Labute approximate surface area is 131 Å². The van der Waals surface area contributed by atoms with Crippen LogP contribution in [0.15, 0.2) is 39.9 Å². The zero-order chi connectivity index (χ0) is 15.9. The largest absolute Gasteiger partial charge is 0.352 e.